The lowest BCUT2D eigenvalue weighted by Crippen LogP contribution is -2.04. The van der Waals surface area contributed by atoms with Crippen LogP contribution in [0, 0.1) is 15.9 Å². The van der Waals surface area contributed by atoms with Gasteiger partial charge in [0.2, 0.25) is 5.82 Å². The van der Waals surface area contributed by atoms with E-state index in [1.807, 2.05) is 0 Å². The summed E-state index contributed by atoms with van der Waals surface area (Å²) >= 11 is 5.90. The zero-order valence-corrected chi connectivity index (χ0v) is 10.8. The molecule has 0 amide bonds. The van der Waals surface area contributed by atoms with E-state index in [9.17, 15) is 14.5 Å². The van der Waals surface area contributed by atoms with Gasteiger partial charge in [-0.1, -0.05) is 12.1 Å². The molecule has 7 heteroatoms. The number of rotatable bonds is 4. The van der Waals surface area contributed by atoms with E-state index in [4.69, 9.17) is 11.6 Å². The highest BCUT2D eigenvalue weighted by atomic mass is 35.5. The molecule has 0 bridgehead atoms. The fourth-order valence-corrected chi connectivity index (χ4v) is 1.79. The Kier molecular flexibility index (Phi) is 3.80. The number of hydrogen-bond donors (Lipinski definition) is 0. The van der Waals surface area contributed by atoms with Crippen molar-refractivity contribution in [1.29, 1.82) is 0 Å². The number of nitrogens with zero attached hydrogens (tertiary/aromatic N) is 3. The molecule has 5 nitrogen and oxygen atoms in total. The Labute approximate surface area is 113 Å². The Hall–Kier alpha value is -1.95. The summed E-state index contributed by atoms with van der Waals surface area (Å²) in [5.41, 5.74) is 0.495. The van der Waals surface area contributed by atoms with Crippen LogP contribution in [0.15, 0.2) is 30.6 Å². The topological polar surface area (TPSA) is 61.0 Å². The maximum Gasteiger partial charge on any atom is 0.305 e. The number of alkyl halides is 1. The van der Waals surface area contributed by atoms with Crippen LogP contribution in [0.4, 0.5) is 10.1 Å². The predicted octanol–water partition coefficient (Wildman–Crippen LogP) is 3.28. The van der Waals surface area contributed by atoms with Gasteiger partial charge in [0.15, 0.2) is 0 Å². The molecule has 1 unspecified atom stereocenters. The summed E-state index contributed by atoms with van der Waals surface area (Å²) in [6, 6.07) is 4.08. The first kappa shape index (κ1) is 13.5. The normalized spacial score (nSPS) is 12.4. The predicted molar refractivity (Wildman–Crippen MR) is 68.7 cm³/mol. The first-order chi connectivity index (χ1) is 8.99. The molecule has 2 aromatic rings. The van der Waals surface area contributed by atoms with Crippen LogP contribution in [0.2, 0.25) is 0 Å². The van der Waals surface area contributed by atoms with Crippen LogP contribution >= 0.6 is 11.6 Å². The number of aromatic nitrogens is 2. The molecule has 19 heavy (non-hydrogen) atoms. The number of nitro groups is 1. The van der Waals surface area contributed by atoms with Gasteiger partial charge in [-0.25, -0.2) is 0 Å². The van der Waals surface area contributed by atoms with Crippen molar-refractivity contribution in [2.75, 3.05) is 0 Å². The zero-order valence-electron chi connectivity index (χ0n) is 10.1. The van der Waals surface area contributed by atoms with E-state index < -0.39 is 16.4 Å². The first-order valence-electron chi connectivity index (χ1n) is 5.57. The van der Waals surface area contributed by atoms with E-state index in [1.54, 1.807) is 19.3 Å². The van der Waals surface area contributed by atoms with Crippen molar-refractivity contribution in [3.8, 4) is 0 Å². The Bertz CT molecular complexity index is 613. The van der Waals surface area contributed by atoms with Crippen molar-refractivity contribution >= 4 is 17.3 Å². The molecule has 0 spiro atoms. The molecule has 0 fully saturated rings. The van der Waals surface area contributed by atoms with E-state index in [0.29, 0.717) is 0 Å². The van der Waals surface area contributed by atoms with Gasteiger partial charge in [-0.2, -0.15) is 9.49 Å². The van der Waals surface area contributed by atoms with Crippen LogP contribution in [-0.4, -0.2) is 14.7 Å². The molecule has 0 saturated carbocycles. The highest BCUT2D eigenvalue weighted by Gasteiger charge is 2.17. The summed E-state index contributed by atoms with van der Waals surface area (Å²) in [5.74, 6) is -0.830. The van der Waals surface area contributed by atoms with Crippen molar-refractivity contribution in [2.24, 2.45) is 0 Å². The number of halogens is 2. The molecule has 1 aromatic carbocycles. The molecule has 0 radical (unpaired) electrons. The van der Waals surface area contributed by atoms with Crippen LogP contribution < -0.4 is 0 Å². The van der Waals surface area contributed by atoms with Gasteiger partial charge in [-0.3, -0.25) is 14.8 Å². The third kappa shape index (κ3) is 2.90. The van der Waals surface area contributed by atoms with Crippen LogP contribution in [0.3, 0.4) is 0 Å². The van der Waals surface area contributed by atoms with Gasteiger partial charge < -0.3 is 0 Å². The molecule has 2 rings (SSSR count). The summed E-state index contributed by atoms with van der Waals surface area (Å²) in [6.45, 7) is 1.92. The SMILES string of the molecule is CC(Cl)c1cnn(Cc2cccc([N+](=O)[O-])c2F)c1. The average Bonchev–Trinajstić information content (AvgIpc) is 2.80. The molecule has 1 atom stereocenters. The summed E-state index contributed by atoms with van der Waals surface area (Å²) in [7, 11) is 0. The third-order valence-electron chi connectivity index (χ3n) is 2.70. The fourth-order valence-electron chi connectivity index (χ4n) is 1.68. The molecule has 100 valence electrons. The van der Waals surface area contributed by atoms with E-state index in [1.165, 1.54) is 16.8 Å². The second kappa shape index (κ2) is 5.36. The monoisotopic (exact) mass is 283 g/mol. The zero-order chi connectivity index (χ0) is 14.0. The second-order valence-electron chi connectivity index (χ2n) is 4.09. The average molecular weight is 284 g/mol. The fraction of sp³-hybridized carbons (Fsp3) is 0.250. The number of benzene rings is 1. The standard InChI is InChI=1S/C12H11ClFN3O2/c1-8(13)10-5-15-16(7-10)6-9-3-2-4-11(12(9)14)17(18)19/h2-5,7-8H,6H2,1H3. The molecular formula is C12H11ClFN3O2. The minimum Gasteiger partial charge on any atom is -0.268 e. The van der Waals surface area contributed by atoms with Crippen molar-refractivity contribution < 1.29 is 9.31 Å². The van der Waals surface area contributed by atoms with E-state index in [0.717, 1.165) is 11.6 Å². The van der Waals surface area contributed by atoms with Gasteiger partial charge in [0.05, 0.1) is 23.0 Å². The van der Waals surface area contributed by atoms with Crippen LogP contribution in [0.25, 0.3) is 0 Å². The molecule has 1 aromatic heterocycles. The summed E-state index contributed by atoms with van der Waals surface area (Å²) in [5, 5.41) is 14.5. The Morgan fingerprint density at radius 3 is 2.89 bits per heavy atom. The molecule has 0 saturated heterocycles. The second-order valence-corrected chi connectivity index (χ2v) is 4.75. The van der Waals surface area contributed by atoms with E-state index in [-0.39, 0.29) is 17.5 Å². The lowest BCUT2D eigenvalue weighted by molar-refractivity contribution is -0.387. The molecule has 1 heterocycles. The Morgan fingerprint density at radius 1 is 1.58 bits per heavy atom. The quantitative estimate of drug-likeness (QED) is 0.491. The highest BCUT2D eigenvalue weighted by Crippen LogP contribution is 2.22. The van der Waals surface area contributed by atoms with Crippen LogP contribution in [-0.2, 0) is 6.54 Å². The summed E-state index contributed by atoms with van der Waals surface area (Å²) in [6.07, 6.45) is 3.28. The molecule has 0 aliphatic heterocycles. The molecule has 0 aliphatic rings. The van der Waals surface area contributed by atoms with Crippen LogP contribution in [0.5, 0.6) is 0 Å². The van der Waals surface area contributed by atoms with Gasteiger partial charge in [0, 0.05) is 23.4 Å². The Morgan fingerprint density at radius 2 is 2.32 bits per heavy atom. The van der Waals surface area contributed by atoms with Gasteiger partial charge in [0.25, 0.3) is 0 Å². The van der Waals surface area contributed by atoms with Gasteiger partial charge in [0.1, 0.15) is 0 Å². The van der Waals surface area contributed by atoms with E-state index in [2.05, 4.69) is 5.10 Å². The van der Waals surface area contributed by atoms with Gasteiger partial charge >= 0.3 is 5.69 Å². The lowest BCUT2D eigenvalue weighted by atomic mass is 10.2. The maximum atomic E-state index is 13.9. The smallest absolute Gasteiger partial charge is 0.268 e. The minimum absolute atomic E-state index is 0.122. The van der Waals surface area contributed by atoms with Crippen molar-refractivity contribution in [2.45, 2.75) is 18.8 Å². The first-order valence-corrected chi connectivity index (χ1v) is 6.01. The van der Waals surface area contributed by atoms with Crippen molar-refractivity contribution in [1.82, 2.24) is 9.78 Å². The van der Waals surface area contributed by atoms with Gasteiger partial charge in [-0.05, 0) is 6.92 Å². The molecule has 0 aliphatic carbocycles. The van der Waals surface area contributed by atoms with Crippen molar-refractivity contribution in [3.05, 3.63) is 57.7 Å². The van der Waals surface area contributed by atoms with E-state index >= 15 is 0 Å². The molecular weight excluding hydrogens is 273 g/mol. The Balaban J connectivity index is 2.28. The third-order valence-corrected chi connectivity index (χ3v) is 2.95. The lowest BCUT2D eigenvalue weighted by Gasteiger charge is -2.04. The number of nitro benzene ring substituents is 1. The largest absolute Gasteiger partial charge is 0.305 e. The molecule has 0 N–H and O–H groups in total. The summed E-state index contributed by atoms with van der Waals surface area (Å²) in [4.78, 5) is 9.90. The maximum absolute atomic E-state index is 13.9. The number of hydrogen-bond acceptors (Lipinski definition) is 3. The van der Waals surface area contributed by atoms with Crippen LogP contribution in [0.1, 0.15) is 23.4 Å². The van der Waals surface area contributed by atoms with Gasteiger partial charge in [-0.15, -0.1) is 11.6 Å². The minimum atomic E-state index is -0.830. The summed E-state index contributed by atoms with van der Waals surface area (Å²) < 4.78 is 15.4. The highest BCUT2D eigenvalue weighted by molar-refractivity contribution is 6.20. The van der Waals surface area contributed by atoms with Crippen molar-refractivity contribution in [3.63, 3.8) is 0 Å².